The van der Waals surface area contributed by atoms with E-state index in [-0.39, 0.29) is 5.60 Å². The second kappa shape index (κ2) is 3.13. The van der Waals surface area contributed by atoms with Crippen molar-refractivity contribution in [1.29, 1.82) is 0 Å². The van der Waals surface area contributed by atoms with Gasteiger partial charge in [0.1, 0.15) is 5.60 Å². The summed E-state index contributed by atoms with van der Waals surface area (Å²) in [4.78, 5) is 2.47. The van der Waals surface area contributed by atoms with Crippen LogP contribution in [-0.2, 0) is 6.42 Å². The Labute approximate surface area is 100 Å². The fourth-order valence-corrected chi connectivity index (χ4v) is 3.75. The second-order valence-electron chi connectivity index (χ2n) is 5.56. The fourth-order valence-electron chi connectivity index (χ4n) is 3.75. The van der Waals surface area contributed by atoms with Gasteiger partial charge in [0.2, 0.25) is 0 Å². The number of fused-ring (bicyclic) bond motifs is 3. The molecule has 5 rings (SSSR count). The molecule has 0 amide bonds. The second-order valence-corrected chi connectivity index (χ2v) is 5.56. The number of piperidine rings is 3. The first kappa shape index (κ1) is 9.71. The molecule has 17 heavy (non-hydrogen) atoms. The largest absolute Gasteiger partial charge is 0.616 e. The smallest absolute Gasteiger partial charge is 0.383 e. The van der Waals surface area contributed by atoms with Crippen LogP contribution in [0.5, 0.6) is 5.88 Å². The van der Waals surface area contributed by atoms with Gasteiger partial charge in [0, 0.05) is 24.9 Å². The number of ether oxygens (including phenoxy) is 1. The Morgan fingerprint density at radius 2 is 2.24 bits per heavy atom. The highest BCUT2D eigenvalue weighted by Gasteiger charge is 2.54. The highest BCUT2D eigenvalue weighted by molar-refractivity contribution is 5.31. The van der Waals surface area contributed by atoms with Crippen molar-refractivity contribution in [2.45, 2.75) is 24.9 Å². The molecule has 5 heterocycles. The minimum atomic E-state index is -0.105. The van der Waals surface area contributed by atoms with Crippen molar-refractivity contribution in [3.05, 3.63) is 29.1 Å². The summed E-state index contributed by atoms with van der Waals surface area (Å²) >= 11 is 0. The van der Waals surface area contributed by atoms with Crippen LogP contribution in [0.4, 0.5) is 0 Å². The number of hydrogen-bond donors (Lipinski definition) is 0. The maximum atomic E-state index is 11.7. The summed E-state index contributed by atoms with van der Waals surface area (Å²) in [5.41, 5.74) is 0.975. The highest BCUT2D eigenvalue weighted by atomic mass is 16.6. The SMILES string of the molecule is [O-][n+]1cccc2c1OC1(C2)CN2CCC1CC2. The summed E-state index contributed by atoms with van der Waals surface area (Å²) < 4.78 is 6.99. The molecule has 2 bridgehead atoms. The van der Waals surface area contributed by atoms with Crippen molar-refractivity contribution in [3.8, 4) is 5.88 Å². The quantitative estimate of drug-likeness (QED) is 0.489. The lowest BCUT2D eigenvalue weighted by molar-refractivity contribution is -0.614. The van der Waals surface area contributed by atoms with Gasteiger partial charge < -0.3 is 9.94 Å². The Morgan fingerprint density at radius 3 is 2.88 bits per heavy atom. The summed E-state index contributed by atoms with van der Waals surface area (Å²) in [5.74, 6) is 1.17. The molecule has 4 nitrogen and oxygen atoms in total. The lowest BCUT2D eigenvalue weighted by Gasteiger charge is -2.50. The molecule has 1 aromatic rings. The lowest BCUT2D eigenvalue weighted by atomic mass is 9.73. The zero-order valence-corrected chi connectivity index (χ0v) is 9.76. The molecule has 4 heteroatoms. The van der Waals surface area contributed by atoms with Crippen LogP contribution in [-0.4, -0.2) is 30.1 Å². The van der Waals surface area contributed by atoms with E-state index in [0.29, 0.717) is 11.8 Å². The van der Waals surface area contributed by atoms with Gasteiger partial charge in [0.15, 0.2) is 6.20 Å². The molecule has 1 atom stereocenters. The molecule has 0 aliphatic carbocycles. The predicted octanol–water partition coefficient (Wildman–Crippen LogP) is 0.719. The third-order valence-corrected chi connectivity index (χ3v) is 4.61. The summed E-state index contributed by atoms with van der Waals surface area (Å²) in [6.07, 6.45) is 4.87. The van der Waals surface area contributed by atoms with Gasteiger partial charge in [0.05, 0.1) is 5.56 Å². The maximum absolute atomic E-state index is 11.7. The van der Waals surface area contributed by atoms with E-state index in [1.807, 2.05) is 12.1 Å². The summed E-state index contributed by atoms with van der Waals surface area (Å²) in [6, 6.07) is 3.84. The molecule has 0 saturated carbocycles. The minimum Gasteiger partial charge on any atom is -0.616 e. The maximum Gasteiger partial charge on any atom is 0.383 e. The van der Waals surface area contributed by atoms with Gasteiger partial charge >= 0.3 is 5.88 Å². The van der Waals surface area contributed by atoms with Gasteiger partial charge in [-0.1, -0.05) is 0 Å². The van der Waals surface area contributed by atoms with Crippen molar-refractivity contribution in [1.82, 2.24) is 4.90 Å². The number of pyridine rings is 1. The van der Waals surface area contributed by atoms with E-state index in [4.69, 9.17) is 4.74 Å². The Morgan fingerprint density at radius 1 is 1.41 bits per heavy atom. The van der Waals surface area contributed by atoms with Crippen LogP contribution in [0.2, 0.25) is 0 Å². The van der Waals surface area contributed by atoms with Crippen LogP contribution in [0.3, 0.4) is 0 Å². The topological polar surface area (TPSA) is 39.4 Å². The molecule has 3 fully saturated rings. The van der Waals surface area contributed by atoms with Crippen LogP contribution in [0.25, 0.3) is 0 Å². The molecule has 0 N–H and O–H groups in total. The molecule has 90 valence electrons. The summed E-state index contributed by atoms with van der Waals surface area (Å²) in [5, 5.41) is 11.7. The van der Waals surface area contributed by atoms with Crippen LogP contribution in [0.1, 0.15) is 18.4 Å². The molecular weight excluding hydrogens is 216 g/mol. The van der Waals surface area contributed by atoms with E-state index in [9.17, 15) is 5.21 Å². The van der Waals surface area contributed by atoms with Crippen molar-refractivity contribution in [3.63, 3.8) is 0 Å². The zero-order chi connectivity index (χ0) is 11.5. The first-order valence-corrected chi connectivity index (χ1v) is 6.39. The van der Waals surface area contributed by atoms with Crippen molar-refractivity contribution < 1.29 is 9.47 Å². The minimum absolute atomic E-state index is 0.105. The Kier molecular flexibility index (Phi) is 1.79. The van der Waals surface area contributed by atoms with E-state index >= 15 is 0 Å². The van der Waals surface area contributed by atoms with Crippen molar-refractivity contribution >= 4 is 0 Å². The third-order valence-electron chi connectivity index (χ3n) is 4.61. The van der Waals surface area contributed by atoms with E-state index < -0.39 is 0 Å². The van der Waals surface area contributed by atoms with Crippen LogP contribution in [0, 0.1) is 11.1 Å². The van der Waals surface area contributed by atoms with Gasteiger partial charge in [-0.25, -0.2) is 0 Å². The molecule has 1 aromatic heterocycles. The van der Waals surface area contributed by atoms with Crippen molar-refractivity contribution in [2.24, 2.45) is 5.92 Å². The number of nitrogens with zero attached hydrogens (tertiary/aromatic N) is 2. The standard InChI is InChI=1S/C13H16N2O2/c16-15-5-1-2-10-8-13(17-12(10)15)9-14-6-3-11(13)4-7-14/h1-2,5,11H,3-4,6-9H2. The molecule has 0 aromatic carbocycles. The molecule has 4 aliphatic heterocycles. The van der Waals surface area contributed by atoms with E-state index in [1.54, 1.807) is 0 Å². The Balaban J connectivity index is 1.74. The van der Waals surface area contributed by atoms with E-state index in [2.05, 4.69) is 4.90 Å². The molecule has 1 unspecified atom stereocenters. The monoisotopic (exact) mass is 232 g/mol. The third kappa shape index (κ3) is 1.24. The molecule has 3 saturated heterocycles. The first-order chi connectivity index (χ1) is 8.27. The Bertz CT molecular complexity index is 468. The predicted molar refractivity (Wildman–Crippen MR) is 61.6 cm³/mol. The average Bonchev–Trinajstić information content (AvgIpc) is 2.70. The number of hydrogen-bond acceptors (Lipinski definition) is 3. The average molecular weight is 232 g/mol. The normalized spacial score (nSPS) is 38.1. The number of aromatic nitrogens is 1. The van der Waals surface area contributed by atoms with Crippen LogP contribution in [0.15, 0.2) is 18.3 Å². The van der Waals surface area contributed by atoms with E-state index in [1.165, 1.54) is 32.1 Å². The Hall–Kier alpha value is -1.29. The van der Waals surface area contributed by atoms with Crippen LogP contribution < -0.4 is 9.47 Å². The van der Waals surface area contributed by atoms with Crippen molar-refractivity contribution in [2.75, 3.05) is 19.6 Å². The molecule has 4 aliphatic rings. The highest BCUT2D eigenvalue weighted by Crippen LogP contribution is 2.45. The fraction of sp³-hybridized carbons (Fsp3) is 0.615. The molecular formula is C13H16N2O2. The van der Waals surface area contributed by atoms with Gasteiger partial charge in [-0.15, -0.1) is 4.73 Å². The summed E-state index contributed by atoms with van der Waals surface area (Å²) in [6.45, 7) is 3.39. The molecule has 0 radical (unpaired) electrons. The summed E-state index contributed by atoms with van der Waals surface area (Å²) in [7, 11) is 0. The van der Waals surface area contributed by atoms with Gasteiger partial charge in [-0.2, -0.15) is 0 Å². The number of rotatable bonds is 0. The zero-order valence-electron chi connectivity index (χ0n) is 9.76. The van der Waals surface area contributed by atoms with Crippen LogP contribution >= 0.6 is 0 Å². The van der Waals surface area contributed by atoms with Gasteiger partial charge in [-0.05, 0) is 32.0 Å². The first-order valence-electron chi connectivity index (χ1n) is 6.39. The lowest BCUT2D eigenvalue weighted by Crippen LogP contribution is -2.61. The molecule has 1 spiro atoms. The van der Waals surface area contributed by atoms with Gasteiger partial charge in [-0.3, -0.25) is 4.90 Å². The van der Waals surface area contributed by atoms with E-state index in [0.717, 1.165) is 23.3 Å². The van der Waals surface area contributed by atoms with Gasteiger partial charge in [0.25, 0.3) is 0 Å².